The molecule has 3 nitrogen and oxygen atoms in total. The van der Waals surface area contributed by atoms with Gasteiger partial charge in [0.1, 0.15) is 0 Å². The van der Waals surface area contributed by atoms with Crippen molar-refractivity contribution in [3.63, 3.8) is 0 Å². The predicted octanol–water partition coefficient (Wildman–Crippen LogP) is 0.443. The van der Waals surface area contributed by atoms with Crippen LogP contribution in [0.1, 0.15) is 25.7 Å². The average molecular weight is 198 g/mol. The maximum atomic E-state index is 8.95. The molecule has 0 aromatic rings. The molecule has 0 aromatic heterocycles. The van der Waals surface area contributed by atoms with E-state index in [1.165, 1.54) is 45.3 Å². The number of aliphatic hydroxyl groups is 1. The SMILES string of the molecule is OCCN(CCC1CCNC1)C1CC1. The molecule has 82 valence electrons. The van der Waals surface area contributed by atoms with Crippen molar-refractivity contribution in [3.05, 3.63) is 0 Å². The quantitative estimate of drug-likeness (QED) is 0.650. The number of hydrogen-bond donors (Lipinski definition) is 2. The van der Waals surface area contributed by atoms with Gasteiger partial charge in [-0.25, -0.2) is 0 Å². The van der Waals surface area contributed by atoms with Crippen molar-refractivity contribution in [2.24, 2.45) is 5.92 Å². The molecule has 1 unspecified atom stereocenters. The minimum Gasteiger partial charge on any atom is -0.395 e. The van der Waals surface area contributed by atoms with Crippen LogP contribution in [0.4, 0.5) is 0 Å². The highest BCUT2D eigenvalue weighted by Crippen LogP contribution is 2.27. The third-order valence-electron chi connectivity index (χ3n) is 3.44. The molecule has 2 aliphatic rings. The minimum absolute atomic E-state index is 0.319. The Labute approximate surface area is 86.5 Å². The van der Waals surface area contributed by atoms with Gasteiger partial charge in [-0.2, -0.15) is 0 Å². The monoisotopic (exact) mass is 198 g/mol. The summed E-state index contributed by atoms with van der Waals surface area (Å²) >= 11 is 0. The van der Waals surface area contributed by atoms with Crippen molar-refractivity contribution in [1.82, 2.24) is 10.2 Å². The maximum absolute atomic E-state index is 8.95. The van der Waals surface area contributed by atoms with Crippen LogP contribution in [0.2, 0.25) is 0 Å². The Morgan fingerprint density at radius 2 is 2.07 bits per heavy atom. The van der Waals surface area contributed by atoms with Crippen LogP contribution in [-0.2, 0) is 0 Å². The summed E-state index contributed by atoms with van der Waals surface area (Å²) in [6, 6.07) is 0.802. The van der Waals surface area contributed by atoms with Gasteiger partial charge in [0.25, 0.3) is 0 Å². The van der Waals surface area contributed by atoms with E-state index in [-0.39, 0.29) is 0 Å². The second-order valence-electron chi connectivity index (χ2n) is 4.64. The summed E-state index contributed by atoms with van der Waals surface area (Å²) in [5.41, 5.74) is 0. The first-order valence-electron chi connectivity index (χ1n) is 5.96. The van der Waals surface area contributed by atoms with E-state index in [9.17, 15) is 0 Å². The zero-order valence-electron chi connectivity index (χ0n) is 8.91. The van der Waals surface area contributed by atoms with Crippen LogP contribution in [0.5, 0.6) is 0 Å². The number of hydrogen-bond acceptors (Lipinski definition) is 3. The number of nitrogens with one attached hydrogen (secondary N) is 1. The van der Waals surface area contributed by atoms with Gasteiger partial charge in [0.2, 0.25) is 0 Å². The highest BCUT2D eigenvalue weighted by Gasteiger charge is 2.28. The molecule has 2 N–H and O–H groups in total. The molecule has 0 amide bonds. The van der Waals surface area contributed by atoms with Gasteiger partial charge < -0.3 is 10.4 Å². The Bertz CT molecular complexity index is 165. The topological polar surface area (TPSA) is 35.5 Å². The first-order valence-corrected chi connectivity index (χ1v) is 5.96. The molecular weight excluding hydrogens is 176 g/mol. The third-order valence-corrected chi connectivity index (χ3v) is 3.44. The van der Waals surface area contributed by atoms with Gasteiger partial charge in [0, 0.05) is 12.6 Å². The normalized spacial score (nSPS) is 27.4. The fourth-order valence-electron chi connectivity index (χ4n) is 2.35. The molecule has 1 atom stereocenters. The average Bonchev–Trinajstić information content (AvgIpc) is 2.90. The Morgan fingerprint density at radius 3 is 2.64 bits per heavy atom. The molecule has 1 saturated carbocycles. The maximum Gasteiger partial charge on any atom is 0.0558 e. The Kier molecular flexibility index (Phi) is 3.79. The zero-order valence-corrected chi connectivity index (χ0v) is 8.91. The van der Waals surface area contributed by atoms with Gasteiger partial charge in [-0.15, -0.1) is 0 Å². The van der Waals surface area contributed by atoms with Crippen molar-refractivity contribution < 1.29 is 5.11 Å². The molecule has 1 saturated heterocycles. The fourth-order valence-corrected chi connectivity index (χ4v) is 2.35. The lowest BCUT2D eigenvalue weighted by Crippen LogP contribution is -2.31. The van der Waals surface area contributed by atoms with Crippen LogP contribution >= 0.6 is 0 Å². The third kappa shape index (κ3) is 2.94. The summed E-state index contributed by atoms with van der Waals surface area (Å²) in [4.78, 5) is 2.47. The molecule has 2 rings (SSSR count). The lowest BCUT2D eigenvalue weighted by atomic mass is 10.0. The Balaban J connectivity index is 1.65. The molecule has 0 radical (unpaired) electrons. The van der Waals surface area contributed by atoms with Crippen LogP contribution in [0.3, 0.4) is 0 Å². The van der Waals surface area contributed by atoms with Crippen molar-refractivity contribution in [2.45, 2.75) is 31.7 Å². The standard InChI is InChI=1S/C11H22N2O/c14-8-7-13(11-1-2-11)6-4-10-3-5-12-9-10/h10-12,14H,1-9H2. The Morgan fingerprint density at radius 1 is 1.21 bits per heavy atom. The van der Waals surface area contributed by atoms with E-state index in [0.717, 1.165) is 18.5 Å². The molecular formula is C11H22N2O. The van der Waals surface area contributed by atoms with E-state index in [2.05, 4.69) is 10.2 Å². The summed E-state index contributed by atoms with van der Waals surface area (Å²) in [7, 11) is 0. The fraction of sp³-hybridized carbons (Fsp3) is 1.00. The molecule has 0 aromatic carbocycles. The van der Waals surface area contributed by atoms with Gasteiger partial charge >= 0.3 is 0 Å². The van der Waals surface area contributed by atoms with Gasteiger partial charge in [0.15, 0.2) is 0 Å². The van der Waals surface area contributed by atoms with Crippen molar-refractivity contribution in [1.29, 1.82) is 0 Å². The van der Waals surface area contributed by atoms with E-state index in [4.69, 9.17) is 5.11 Å². The van der Waals surface area contributed by atoms with Crippen molar-refractivity contribution in [3.8, 4) is 0 Å². The van der Waals surface area contributed by atoms with E-state index in [1.54, 1.807) is 0 Å². The first kappa shape index (κ1) is 10.4. The molecule has 14 heavy (non-hydrogen) atoms. The number of aliphatic hydroxyl groups excluding tert-OH is 1. The largest absolute Gasteiger partial charge is 0.395 e. The van der Waals surface area contributed by atoms with Gasteiger partial charge in [0.05, 0.1) is 6.61 Å². The highest BCUT2D eigenvalue weighted by atomic mass is 16.3. The lowest BCUT2D eigenvalue weighted by molar-refractivity contribution is 0.181. The summed E-state index contributed by atoms with van der Waals surface area (Å²) in [6.45, 7) is 4.80. The molecule has 1 aliphatic heterocycles. The highest BCUT2D eigenvalue weighted by molar-refractivity contribution is 4.85. The second-order valence-corrected chi connectivity index (χ2v) is 4.64. The smallest absolute Gasteiger partial charge is 0.0558 e. The summed E-state index contributed by atoms with van der Waals surface area (Å²) in [6.07, 6.45) is 5.35. The molecule has 3 heteroatoms. The molecule has 1 heterocycles. The van der Waals surface area contributed by atoms with Crippen LogP contribution in [0, 0.1) is 5.92 Å². The van der Waals surface area contributed by atoms with E-state index >= 15 is 0 Å². The lowest BCUT2D eigenvalue weighted by Gasteiger charge is -2.22. The molecule has 2 fully saturated rings. The molecule has 0 spiro atoms. The summed E-state index contributed by atoms with van der Waals surface area (Å²) < 4.78 is 0. The summed E-state index contributed by atoms with van der Waals surface area (Å²) in [5, 5.41) is 12.4. The number of rotatable bonds is 6. The summed E-state index contributed by atoms with van der Waals surface area (Å²) in [5.74, 6) is 0.884. The van der Waals surface area contributed by atoms with Gasteiger partial charge in [-0.05, 0) is 51.2 Å². The van der Waals surface area contributed by atoms with Crippen LogP contribution in [-0.4, -0.2) is 48.8 Å². The van der Waals surface area contributed by atoms with Crippen molar-refractivity contribution >= 4 is 0 Å². The van der Waals surface area contributed by atoms with Crippen molar-refractivity contribution in [2.75, 3.05) is 32.8 Å². The second kappa shape index (κ2) is 5.10. The van der Waals surface area contributed by atoms with Crippen LogP contribution in [0.25, 0.3) is 0 Å². The number of nitrogens with zero attached hydrogens (tertiary/aromatic N) is 1. The first-order chi connectivity index (χ1) is 6.90. The van der Waals surface area contributed by atoms with Crippen LogP contribution < -0.4 is 5.32 Å². The van der Waals surface area contributed by atoms with Crippen LogP contribution in [0.15, 0.2) is 0 Å². The molecule has 1 aliphatic carbocycles. The van der Waals surface area contributed by atoms with E-state index in [1.807, 2.05) is 0 Å². The van der Waals surface area contributed by atoms with E-state index < -0.39 is 0 Å². The molecule has 0 bridgehead atoms. The predicted molar refractivity (Wildman–Crippen MR) is 57.3 cm³/mol. The minimum atomic E-state index is 0.319. The van der Waals surface area contributed by atoms with E-state index in [0.29, 0.717) is 6.61 Å². The van der Waals surface area contributed by atoms with Gasteiger partial charge in [-0.1, -0.05) is 0 Å². The zero-order chi connectivity index (χ0) is 9.80. The van der Waals surface area contributed by atoms with Gasteiger partial charge in [-0.3, -0.25) is 4.90 Å². The Hall–Kier alpha value is -0.120.